The van der Waals surface area contributed by atoms with E-state index in [-0.39, 0.29) is 21.3 Å². The molecule has 1 fully saturated rings. The summed E-state index contributed by atoms with van der Waals surface area (Å²) in [6.07, 6.45) is 0. The number of anilines is 1. The lowest BCUT2D eigenvalue weighted by Crippen LogP contribution is -2.29. The summed E-state index contributed by atoms with van der Waals surface area (Å²) in [4.78, 5) is 54.4. The van der Waals surface area contributed by atoms with Crippen molar-refractivity contribution in [3.63, 3.8) is 0 Å². The number of benzene rings is 2. The lowest BCUT2D eigenvalue weighted by molar-refractivity contribution is -0.384. The highest BCUT2D eigenvalue weighted by Gasteiger charge is 2.48. The van der Waals surface area contributed by atoms with Crippen LogP contribution in [-0.4, -0.2) is 39.8 Å². The Hall–Kier alpha value is -4.38. The standard InChI is InChI=1S/C23H17N3O7S/c1-12-20(22(30)33-2)34-23(24-12)25-17(13-8-10-15(11-9-13)26(31)32)16(19(28)21(25)29)18(27)14-6-4-3-5-7-14/h3-11,17,27H,1-2H3/b18-16+. The number of nitro benzene ring substituents is 1. The number of carbonyl (C=O) groups excluding carboxylic acids is 3. The number of aliphatic hydroxyl groups excluding tert-OH is 1. The van der Waals surface area contributed by atoms with Gasteiger partial charge in [-0.15, -0.1) is 0 Å². The van der Waals surface area contributed by atoms with Crippen LogP contribution in [0.15, 0.2) is 60.2 Å². The Kier molecular flexibility index (Phi) is 5.95. The molecule has 1 aliphatic rings. The number of hydrogen-bond acceptors (Lipinski definition) is 9. The lowest BCUT2D eigenvalue weighted by Gasteiger charge is -2.22. The average molecular weight is 479 g/mol. The molecule has 34 heavy (non-hydrogen) atoms. The normalized spacial score (nSPS) is 17.1. The van der Waals surface area contributed by atoms with E-state index in [1.807, 2.05) is 0 Å². The Morgan fingerprint density at radius 2 is 1.79 bits per heavy atom. The Morgan fingerprint density at radius 3 is 2.38 bits per heavy atom. The first kappa shape index (κ1) is 22.8. The topological polar surface area (TPSA) is 140 Å². The molecule has 3 aromatic rings. The summed E-state index contributed by atoms with van der Waals surface area (Å²) in [6, 6.07) is 12.4. The van der Waals surface area contributed by atoms with Gasteiger partial charge in [0.2, 0.25) is 0 Å². The van der Waals surface area contributed by atoms with Crippen LogP contribution in [0.4, 0.5) is 10.8 Å². The molecule has 1 unspecified atom stereocenters. The molecule has 4 rings (SSSR count). The van der Waals surface area contributed by atoms with Gasteiger partial charge in [-0.3, -0.25) is 24.6 Å². The van der Waals surface area contributed by atoms with Gasteiger partial charge in [0.25, 0.3) is 11.5 Å². The quantitative estimate of drug-likeness (QED) is 0.146. The highest BCUT2D eigenvalue weighted by Crippen LogP contribution is 2.44. The summed E-state index contributed by atoms with van der Waals surface area (Å²) in [5.74, 6) is -2.94. The van der Waals surface area contributed by atoms with Crippen molar-refractivity contribution in [3.05, 3.63) is 92.0 Å². The van der Waals surface area contributed by atoms with Crippen LogP contribution in [0.5, 0.6) is 0 Å². The van der Waals surface area contributed by atoms with E-state index in [0.717, 1.165) is 16.2 Å². The minimum Gasteiger partial charge on any atom is -0.507 e. The van der Waals surface area contributed by atoms with E-state index >= 15 is 0 Å². The van der Waals surface area contributed by atoms with Gasteiger partial charge in [-0.25, -0.2) is 9.78 Å². The first-order chi connectivity index (χ1) is 16.2. The fourth-order valence-electron chi connectivity index (χ4n) is 3.64. The fourth-order valence-corrected chi connectivity index (χ4v) is 4.65. The SMILES string of the molecule is COC(=O)c1sc(N2C(=O)C(=O)/C(=C(/O)c3ccccc3)C2c2ccc([N+](=O)[O-])cc2)nc1C. The van der Waals surface area contributed by atoms with Crippen LogP contribution >= 0.6 is 11.3 Å². The highest BCUT2D eigenvalue weighted by atomic mass is 32.1. The summed E-state index contributed by atoms with van der Waals surface area (Å²) < 4.78 is 4.75. The molecule has 0 radical (unpaired) electrons. The van der Waals surface area contributed by atoms with E-state index in [2.05, 4.69) is 4.98 Å². The number of ether oxygens (including phenoxy) is 1. The van der Waals surface area contributed by atoms with Crippen LogP contribution < -0.4 is 4.90 Å². The maximum Gasteiger partial charge on any atom is 0.350 e. The number of ketones is 1. The van der Waals surface area contributed by atoms with Crippen LogP contribution in [0, 0.1) is 17.0 Å². The number of Topliss-reactive ketones (excluding diaryl/α,β-unsaturated/α-hetero) is 1. The van der Waals surface area contributed by atoms with E-state index in [9.17, 15) is 29.6 Å². The van der Waals surface area contributed by atoms with Gasteiger partial charge in [-0.05, 0) is 24.6 Å². The second kappa shape index (κ2) is 8.87. The van der Waals surface area contributed by atoms with Gasteiger partial charge in [-0.2, -0.15) is 0 Å². The van der Waals surface area contributed by atoms with Gasteiger partial charge in [0.1, 0.15) is 10.6 Å². The van der Waals surface area contributed by atoms with Gasteiger partial charge < -0.3 is 9.84 Å². The van der Waals surface area contributed by atoms with E-state index < -0.39 is 34.4 Å². The van der Waals surface area contributed by atoms with Gasteiger partial charge in [0.15, 0.2) is 5.13 Å². The number of aliphatic hydroxyl groups is 1. The van der Waals surface area contributed by atoms with Crippen molar-refractivity contribution in [3.8, 4) is 0 Å². The van der Waals surface area contributed by atoms with Crippen molar-refractivity contribution in [1.29, 1.82) is 0 Å². The zero-order chi connectivity index (χ0) is 24.6. The van der Waals surface area contributed by atoms with Gasteiger partial charge >= 0.3 is 11.9 Å². The number of non-ortho nitro benzene ring substituents is 1. The van der Waals surface area contributed by atoms with E-state index in [0.29, 0.717) is 16.8 Å². The Morgan fingerprint density at radius 1 is 1.15 bits per heavy atom. The number of nitrogens with zero attached hydrogens (tertiary/aromatic N) is 3. The van der Waals surface area contributed by atoms with Crippen LogP contribution in [0.1, 0.15) is 32.5 Å². The number of nitro groups is 1. The third kappa shape index (κ3) is 3.82. The number of methoxy groups -OCH3 is 1. The second-order valence-electron chi connectivity index (χ2n) is 7.29. The third-order valence-electron chi connectivity index (χ3n) is 5.27. The molecular formula is C23H17N3O7S. The molecule has 1 aromatic heterocycles. The van der Waals surface area contributed by atoms with Crippen molar-refractivity contribution in [2.45, 2.75) is 13.0 Å². The zero-order valence-corrected chi connectivity index (χ0v) is 18.7. The number of aromatic nitrogens is 1. The fraction of sp³-hybridized carbons (Fsp3) is 0.130. The van der Waals surface area contributed by atoms with Crippen LogP contribution in [-0.2, 0) is 14.3 Å². The smallest absolute Gasteiger partial charge is 0.350 e. The number of carbonyl (C=O) groups is 3. The van der Waals surface area contributed by atoms with Crippen molar-refractivity contribution in [1.82, 2.24) is 4.98 Å². The molecular weight excluding hydrogens is 462 g/mol. The monoisotopic (exact) mass is 479 g/mol. The number of aryl methyl sites for hydroxylation is 1. The molecule has 2 aromatic carbocycles. The van der Waals surface area contributed by atoms with Crippen molar-refractivity contribution < 1.29 is 29.2 Å². The predicted molar refractivity (Wildman–Crippen MR) is 123 cm³/mol. The summed E-state index contributed by atoms with van der Waals surface area (Å²) in [6.45, 7) is 1.56. The minimum absolute atomic E-state index is 0.0514. The zero-order valence-electron chi connectivity index (χ0n) is 17.9. The van der Waals surface area contributed by atoms with E-state index in [1.54, 1.807) is 37.3 Å². The van der Waals surface area contributed by atoms with Crippen molar-refractivity contribution in [2.24, 2.45) is 0 Å². The lowest BCUT2D eigenvalue weighted by atomic mass is 9.95. The Balaban J connectivity index is 1.93. The molecule has 2 heterocycles. The summed E-state index contributed by atoms with van der Waals surface area (Å²) in [5, 5.41) is 22.2. The average Bonchev–Trinajstić information content (AvgIpc) is 3.35. The number of hydrogen-bond donors (Lipinski definition) is 1. The summed E-state index contributed by atoms with van der Waals surface area (Å²) in [5.41, 5.74) is 0.589. The number of amides is 1. The van der Waals surface area contributed by atoms with E-state index in [4.69, 9.17) is 4.74 Å². The van der Waals surface area contributed by atoms with Crippen LogP contribution in [0.2, 0.25) is 0 Å². The van der Waals surface area contributed by atoms with Crippen LogP contribution in [0.25, 0.3) is 5.76 Å². The second-order valence-corrected chi connectivity index (χ2v) is 8.26. The van der Waals surface area contributed by atoms with Gasteiger partial charge in [0, 0.05) is 17.7 Å². The predicted octanol–water partition coefficient (Wildman–Crippen LogP) is 3.77. The molecule has 10 nitrogen and oxygen atoms in total. The summed E-state index contributed by atoms with van der Waals surface area (Å²) in [7, 11) is 1.21. The number of thiazole rings is 1. The maximum absolute atomic E-state index is 13.1. The minimum atomic E-state index is -1.13. The first-order valence-corrected chi connectivity index (χ1v) is 10.7. The molecule has 0 saturated carbocycles. The molecule has 172 valence electrons. The largest absolute Gasteiger partial charge is 0.507 e. The molecule has 1 saturated heterocycles. The van der Waals surface area contributed by atoms with Crippen LogP contribution in [0.3, 0.4) is 0 Å². The van der Waals surface area contributed by atoms with Crippen molar-refractivity contribution in [2.75, 3.05) is 12.0 Å². The number of esters is 1. The highest BCUT2D eigenvalue weighted by molar-refractivity contribution is 7.17. The van der Waals surface area contributed by atoms with Gasteiger partial charge in [-0.1, -0.05) is 41.7 Å². The molecule has 11 heteroatoms. The molecule has 1 aliphatic heterocycles. The molecule has 0 bridgehead atoms. The first-order valence-electron chi connectivity index (χ1n) is 9.91. The molecule has 0 spiro atoms. The number of rotatable bonds is 5. The molecule has 1 N–H and O–H groups in total. The Bertz CT molecular complexity index is 1350. The molecule has 1 amide bonds. The van der Waals surface area contributed by atoms with E-state index in [1.165, 1.54) is 31.4 Å². The van der Waals surface area contributed by atoms with Crippen molar-refractivity contribution >= 4 is 45.6 Å². The third-order valence-corrected chi connectivity index (χ3v) is 6.41. The molecule has 1 atom stereocenters. The van der Waals surface area contributed by atoms with Gasteiger partial charge in [0.05, 0.1) is 29.3 Å². The maximum atomic E-state index is 13.1. The summed E-state index contributed by atoms with van der Waals surface area (Å²) >= 11 is 0.866. The Labute approximate surface area is 196 Å². The molecule has 0 aliphatic carbocycles.